The van der Waals surface area contributed by atoms with Crippen LogP contribution < -0.4 is 10.2 Å². The summed E-state index contributed by atoms with van der Waals surface area (Å²) in [4.78, 5) is 30.4. The van der Waals surface area contributed by atoms with E-state index < -0.39 is 6.09 Å². The molecule has 2 heterocycles. The number of carbonyl (C=O) groups excluding carboxylic acids is 2. The molecular weight excluding hydrogens is 344 g/mol. The van der Waals surface area contributed by atoms with Crippen LogP contribution >= 0.6 is 0 Å². The summed E-state index contributed by atoms with van der Waals surface area (Å²) in [5.74, 6) is -0.0156. The van der Waals surface area contributed by atoms with Gasteiger partial charge in [0, 0.05) is 36.1 Å². The number of carbonyl (C=O) groups is 2. The molecule has 0 aliphatic carbocycles. The lowest BCUT2D eigenvalue weighted by atomic mass is 9.91. The molecule has 2 amide bonds. The van der Waals surface area contributed by atoms with Crippen LogP contribution in [0, 0.1) is 6.92 Å². The molecule has 7 nitrogen and oxygen atoms in total. The van der Waals surface area contributed by atoms with E-state index in [0.717, 1.165) is 22.6 Å². The molecule has 1 aliphatic rings. The zero-order chi connectivity index (χ0) is 19.7. The molecule has 0 spiro atoms. The van der Waals surface area contributed by atoms with Gasteiger partial charge in [0.2, 0.25) is 5.91 Å². The Balaban J connectivity index is 2.01. The molecule has 0 unspecified atom stereocenters. The summed E-state index contributed by atoms with van der Waals surface area (Å²) >= 11 is 0. The molecule has 1 N–H and O–H groups in total. The Kier molecular flexibility index (Phi) is 5.21. The van der Waals surface area contributed by atoms with Crippen molar-refractivity contribution in [1.82, 2.24) is 14.9 Å². The van der Waals surface area contributed by atoms with Crippen molar-refractivity contribution >= 4 is 17.7 Å². The van der Waals surface area contributed by atoms with Crippen LogP contribution in [0.2, 0.25) is 0 Å². The van der Waals surface area contributed by atoms with Gasteiger partial charge in [-0.2, -0.15) is 0 Å². The van der Waals surface area contributed by atoms with Gasteiger partial charge in [0.15, 0.2) is 0 Å². The first-order chi connectivity index (χ1) is 12.8. The van der Waals surface area contributed by atoms with Crippen molar-refractivity contribution in [3.63, 3.8) is 0 Å². The van der Waals surface area contributed by atoms with E-state index in [1.165, 1.54) is 0 Å². The second kappa shape index (κ2) is 7.42. The molecule has 0 bridgehead atoms. The number of nitrogens with zero attached hydrogens (tertiary/aromatic N) is 3. The molecule has 2 atom stereocenters. The maximum Gasteiger partial charge on any atom is 0.407 e. The number of rotatable bonds is 3. The fourth-order valence-corrected chi connectivity index (χ4v) is 3.58. The predicted octanol–water partition coefficient (Wildman–Crippen LogP) is 3.50. The Morgan fingerprint density at radius 1 is 1.33 bits per heavy atom. The van der Waals surface area contributed by atoms with E-state index in [1.54, 1.807) is 18.2 Å². The van der Waals surface area contributed by atoms with Crippen LogP contribution in [0.25, 0.3) is 5.69 Å². The number of fused-ring (bicyclic) bond motifs is 1. The molecule has 0 radical (unpaired) electrons. The third-order valence-electron chi connectivity index (χ3n) is 4.65. The summed E-state index contributed by atoms with van der Waals surface area (Å²) in [6, 6.07) is 5.62. The second-order valence-electron chi connectivity index (χ2n) is 7.29. The number of aromatic nitrogens is 2. The maximum absolute atomic E-state index is 12.2. The Bertz CT molecular complexity index is 859. The lowest BCUT2D eigenvalue weighted by molar-refractivity contribution is -0.117. The SMILES string of the molecule is CC(=O)N1c2ccc(-n3cnc(C)c3)cc2[C@@H](NC(=O)OC(C)C)C[C@H]1C. The summed E-state index contributed by atoms with van der Waals surface area (Å²) in [6.07, 6.45) is 3.66. The molecule has 0 saturated heterocycles. The molecule has 7 heteroatoms. The summed E-state index contributed by atoms with van der Waals surface area (Å²) in [6.45, 7) is 9.11. The van der Waals surface area contributed by atoms with Crippen molar-refractivity contribution in [1.29, 1.82) is 0 Å². The lowest BCUT2D eigenvalue weighted by Crippen LogP contribution is -2.45. The smallest absolute Gasteiger partial charge is 0.407 e. The minimum Gasteiger partial charge on any atom is -0.447 e. The Morgan fingerprint density at radius 2 is 2.07 bits per heavy atom. The first-order valence-electron chi connectivity index (χ1n) is 9.18. The molecule has 1 aromatic heterocycles. The van der Waals surface area contributed by atoms with Gasteiger partial charge in [-0.15, -0.1) is 0 Å². The van der Waals surface area contributed by atoms with Crippen molar-refractivity contribution in [2.45, 2.75) is 59.2 Å². The Hall–Kier alpha value is -2.83. The van der Waals surface area contributed by atoms with Gasteiger partial charge in [-0.25, -0.2) is 9.78 Å². The van der Waals surface area contributed by atoms with E-state index in [4.69, 9.17) is 4.74 Å². The number of anilines is 1. The average Bonchev–Trinajstić information content (AvgIpc) is 2.99. The van der Waals surface area contributed by atoms with E-state index in [1.807, 2.05) is 56.7 Å². The van der Waals surface area contributed by atoms with Gasteiger partial charge < -0.3 is 19.5 Å². The number of aryl methyl sites for hydroxylation is 1. The molecule has 1 aromatic carbocycles. The summed E-state index contributed by atoms with van der Waals surface area (Å²) in [7, 11) is 0. The second-order valence-corrected chi connectivity index (χ2v) is 7.29. The van der Waals surface area contributed by atoms with E-state index in [0.29, 0.717) is 6.42 Å². The van der Waals surface area contributed by atoms with Crippen LogP contribution in [-0.4, -0.2) is 33.7 Å². The van der Waals surface area contributed by atoms with Crippen molar-refractivity contribution in [3.05, 3.63) is 42.0 Å². The standard InChI is InChI=1S/C20H26N4O3/c1-12(2)27-20(26)22-18-8-14(4)24(15(5)25)19-7-6-16(9-17(18)19)23-10-13(3)21-11-23/h6-7,9-12,14,18H,8H2,1-5H3,(H,22,26)/t14-,18+/m1/s1. The zero-order valence-corrected chi connectivity index (χ0v) is 16.4. The number of alkyl carbamates (subject to hydrolysis) is 1. The van der Waals surface area contributed by atoms with E-state index in [-0.39, 0.29) is 24.1 Å². The highest BCUT2D eigenvalue weighted by molar-refractivity contribution is 5.94. The lowest BCUT2D eigenvalue weighted by Gasteiger charge is -2.39. The highest BCUT2D eigenvalue weighted by atomic mass is 16.6. The first-order valence-corrected chi connectivity index (χ1v) is 9.18. The molecule has 0 saturated carbocycles. The van der Waals surface area contributed by atoms with Crippen LogP contribution in [0.15, 0.2) is 30.7 Å². The van der Waals surface area contributed by atoms with Gasteiger partial charge in [-0.05, 0) is 52.3 Å². The van der Waals surface area contributed by atoms with Crippen molar-refractivity contribution < 1.29 is 14.3 Å². The van der Waals surface area contributed by atoms with Gasteiger partial charge in [-0.3, -0.25) is 4.79 Å². The van der Waals surface area contributed by atoms with Gasteiger partial charge >= 0.3 is 6.09 Å². The van der Waals surface area contributed by atoms with Crippen molar-refractivity contribution in [2.75, 3.05) is 4.90 Å². The summed E-state index contributed by atoms with van der Waals surface area (Å²) in [5, 5.41) is 2.96. The molecule has 0 fully saturated rings. The first kappa shape index (κ1) is 18.9. The maximum atomic E-state index is 12.2. The molecule has 144 valence electrons. The Morgan fingerprint density at radius 3 is 2.67 bits per heavy atom. The van der Waals surface area contributed by atoms with Gasteiger partial charge in [0.1, 0.15) is 0 Å². The van der Waals surface area contributed by atoms with Crippen LogP contribution in [0.5, 0.6) is 0 Å². The van der Waals surface area contributed by atoms with Gasteiger partial charge in [-0.1, -0.05) is 0 Å². The predicted molar refractivity (Wildman–Crippen MR) is 103 cm³/mol. The van der Waals surface area contributed by atoms with E-state index >= 15 is 0 Å². The number of hydrogen-bond acceptors (Lipinski definition) is 4. The largest absolute Gasteiger partial charge is 0.447 e. The highest BCUT2D eigenvalue weighted by Gasteiger charge is 2.33. The van der Waals surface area contributed by atoms with Crippen LogP contribution in [0.1, 0.15) is 51.4 Å². The molecule has 27 heavy (non-hydrogen) atoms. The van der Waals surface area contributed by atoms with Crippen LogP contribution in [0.3, 0.4) is 0 Å². The number of amides is 2. The molecular formula is C20H26N4O3. The van der Waals surface area contributed by atoms with E-state index in [9.17, 15) is 9.59 Å². The number of imidazole rings is 1. The monoisotopic (exact) mass is 370 g/mol. The molecule has 3 rings (SSSR count). The highest BCUT2D eigenvalue weighted by Crippen LogP contribution is 2.38. The third-order valence-corrected chi connectivity index (χ3v) is 4.65. The minimum atomic E-state index is -0.451. The minimum absolute atomic E-state index is 0.0156. The number of hydrogen-bond donors (Lipinski definition) is 1. The average molecular weight is 370 g/mol. The third kappa shape index (κ3) is 3.97. The van der Waals surface area contributed by atoms with Gasteiger partial charge in [0.05, 0.1) is 24.2 Å². The van der Waals surface area contributed by atoms with Crippen LogP contribution in [0.4, 0.5) is 10.5 Å². The summed E-state index contributed by atoms with van der Waals surface area (Å²) < 4.78 is 7.18. The van der Waals surface area contributed by atoms with E-state index in [2.05, 4.69) is 10.3 Å². The number of nitrogens with one attached hydrogen (secondary N) is 1. The summed E-state index contributed by atoms with van der Waals surface area (Å²) in [5.41, 5.74) is 3.56. The van der Waals surface area contributed by atoms with Crippen molar-refractivity contribution in [3.8, 4) is 5.69 Å². The molecule has 2 aromatic rings. The fourth-order valence-electron chi connectivity index (χ4n) is 3.58. The quantitative estimate of drug-likeness (QED) is 0.897. The molecule has 1 aliphatic heterocycles. The van der Waals surface area contributed by atoms with Crippen molar-refractivity contribution in [2.24, 2.45) is 0 Å². The van der Waals surface area contributed by atoms with Gasteiger partial charge in [0.25, 0.3) is 0 Å². The normalized spacial score (nSPS) is 19.0. The number of benzene rings is 1. The zero-order valence-electron chi connectivity index (χ0n) is 16.4. The van der Waals surface area contributed by atoms with Crippen LogP contribution in [-0.2, 0) is 9.53 Å². The fraction of sp³-hybridized carbons (Fsp3) is 0.450. The number of ether oxygens (including phenoxy) is 1. The Labute approximate surface area is 159 Å². The topological polar surface area (TPSA) is 76.5 Å².